The van der Waals surface area contributed by atoms with Gasteiger partial charge in [0.2, 0.25) is 11.8 Å². The number of hydrogen-bond donors (Lipinski definition) is 1. The molecule has 7 heteroatoms. The van der Waals surface area contributed by atoms with Gasteiger partial charge in [-0.25, -0.2) is 0 Å². The van der Waals surface area contributed by atoms with E-state index in [1.807, 2.05) is 62.4 Å². The number of nitrogens with zero attached hydrogens (tertiary/aromatic N) is 1. The monoisotopic (exact) mass is 530 g/mol. The molecule has 0 aliphatic rings. The minimum atomic E-state index is -0.770. The van der Waals surface area contributed by atoms with Gasteiger partial charge in [0.25, 0.3) is 0 Å². The molecule has 0 saturated heterocycles. The van der Waals surface area contributed by atoms with Gasteiger partial charge in [-0.2, -0.15) is 0 Å². The number of hydrogen-bond acceptors (Lipinski definition) is 2. The molecular weight excluding hydrogens is 503 g/mol. The number of nitrogens with one attached hydrogen (secondary N) is 1. The molecule has 0 aliphatic carbocycles. The summed E-state index contributed by atoms with van der Waals surface area (Å²) in [5.74, 6) is -0.465. The number of rotatable bonds is 10. The van der Waals surface area contributed by atoms with Crippen molar-refractivity contribution >= 4 is 46.6 Å². The van der Waals surface area contributed by atoms with Gasteiger partial charge < -0.3 is 10.2 Å². The van der Waals surface area contributed by atoms with Crippen LogP contribution in [0, 0.1) is 0 Å². The van der Waals surface area contributed by atoms with Gasteiger partial charge in [0.1, 0.15) is 6.04 Å². The minimum Gasteiger partial charge on any atom is -0.352 e. The van der Waals surface area contributed by atoms with Crippen LogP contribution in [0.2, 0.25) is 15.1 Å². The van der Waals surface area contributed by atoms with Gasteiger partial charge in [-0.05, 0) is 42.7 Å². The Balaban J connectivity index is 2.03. The molecule has 3 aromatic carbocycles. The molecule has 0 saturated carbocycles. The fourth-order valence-corrected chi connectivity index (χ4v) is 4.47. The second-order valence-corrected chi connectivity index (χ2v) is 9.74. The predicted octanol–water partition coefficient (Wildman–Crippen LogP) is 6.74. The lowest BCUT2D eigenvalue weighted by molar-refractivity contribution is -0.141. The van der Waals surface area contributed by atoms with Crippen LogP contribution in [0.1, 0.15) is 37.0 Å². The maximum Gasteiger partial charge on any atom is 0.243 e. The zero-order chi connectivity index (χ0) is 25.4. The third kappa shape index (κ3) is 7.47. The van der Waals surface area contributed by atoms with E-state index < -0.39 is 6.04 Å². The molecule has 0 heterocycles. The number of amides is 2. The lowest BCUT2D eigenvalue weighted by atomic mass is 10.0. The van der Waals surface area contributed by atoms with Gasteiger partial charge in [-0.3, -0.25) is 9.59 Å². The van der Waals surface area contributed by atoms with Crippen LogP contribution in [0.25, 0.3) is 0 Å². The Morgan fingerprint density at radius 2 is 1.46 bits per heavy atom. The Morgan fingerprint density at radius 1 is 0.857 bits per heavy atom. The molecule has 0 unspecified atom stereocenters. The smallest absolute Gasteiger partial charge is 0.243 e. The second kappa shape index (κ2) is 13.0. The van der Waals surface area contributed by atoms with Gasteiger partial charge in [-0.15, -0.1) is 0 Å². The molecule has 4 nitrogen and oxygen atoms in total. The van der Waals surface area contributed by atoms with Crippen LogP contribution >= 0.6 is 34.8 Å². The van der Waals surface area contributed by atoms with Crippen LogP contribution < -0.4 is 5.32 Å². The van der Waals surface area contributed by atoms with E-state index in [1.54, 1.807) is 29.2 Å². The van der Waals surface area contributed by atoms with E-state index in [1.165, 1.54) is 0 Å². The normalized spacial score (nSPS) is 12.6. The first-order valence-corrected chi connectivity index (χ1v) is 12.7. The average molecular weight is 532 g/mol. The largest absolute Gasteiger partial charge is 0.352 e. The SMILES string of the molecule is CC[C@H](C)NC(=O)[C@H](Cc1ccccc1)N(Cc1c(Cl)cccc1Cl)C(=O)Cc1ccccc1Cl. The van der Waals surface area contributed by atoms with Gasteiger partial charge in [0, 0.05) is 39.6 Å². The van der Waals surface area contributed by atoms with Crippen molar-refractivity contribution in [1.29, 1.82) is 0 Å². The summed E-state index contributed by atoms with van der Waals surface area (Å²) in [6, 6.07) is 21.3. The highest BCUT2D eigenvalue weighted by Gasteiger charge is 2.32. The van der Waals surface area contributed by atoms with Crippen molar-refractivity contribution < 1.29 is 9.59 Å². The Kier molecular flexibility index (Phi) is 10.0. The Labute approximate surface area is 222 Å². The average Bonchev–Trinajstić information content (AvgIpc) is 2.84. The van der Waals surface area contributed by atoms with Crippen LogP contribution in [-0.4, -0.2) is 28.8 Å². The number of carbonyl (C=O) groups excluding carboxylic acids is 2. The molecule has 0 aromatic heterocycles. The van der Waals surface area contributed by atoms with E-state index in [9.17, 15) is 9.59 Å². The first kappa shape index (κ1) is 27.1. The summed E-state index contributed by atoms with van der Waals surface area (Å²) in [5.41, 5.74) is 2.23. The van der Waals surface area contributed by atoms with E-state index in [0.29, 0.717) is 32.6 Å². The standard InChI is InChI=1S/C28H29Cl3N2O2/c1-3-19(2)32-28(35)26(16-20-10-5-4-6-11-20)33(18-22-24(30)14-9-15-25(22)31)27(34)17-21-12-7-8-13-23(21)29/h4-15,19,26H,3,16-18H2,1-2H3,(H,32,35)/t19-,26-/m0/s1. The molecule has 0 bridgehead atoms. The van der Waals surface area contributed by atoms with E-state index >= 15 is 0 Å². The molecule has 3 rings (SSSR count). The highest BCUT2D eigenvalue weighted by atomic mass is 35.5. The minimum absolute atomic E-state index is 0.0369. The van der Waals surface area contributed by atoms with Crippen molar-refractivity contribution in [3.8, 4) is 0 Å². The molecular formula is C28H29Cl3N2O2. The van der Waals surface area contributed by atoms with E-state index in [2.05, 4.69) is 5.32 Å². The van der Waals surface area contributed by atoms with Crippen molar-refractivity contribution in [1.82, 2.24) is 10.2 Å². The summed E-state index contributed by atoms with van der Waals surface area (Å²) < 4.78 is 0. The Bertz CT molecular complexity index is 1130. The molecule has 0 radical (unpaired) electrons. The van der Waals surface area contributed by atoms with Crippen LogP contribution in [0.15, 0.2) is 72.8 Å². The third-order valence-corrected chi connectivity index (χ3v) is 7.04. The molecule has 3 aromatic rings. The van der Waals surface area contributed by atoms with Gasteiger partial charge in [-0.1, -0.05) is 96.3 Å². The lowest BCUT2D eigenvalue weighted by Gasteiger charge is -2.33. The Morgan fingerprint density at radius 3 is 2.09 bits per heavy atom. The van der Waals surface area contributed by atoms with E-state index in [4.69, 9.17) is 34.8 Å². The van der Waals surface area contributed by atoms with E-state index in [-0.39, 0.29) is 30.8 Å². The lowest BCUT2D eigenvalue weighted by Crippen LogP contribution is -2.52. The van der Waals surface area contributed by atoms with Gasteiger partial charge in [0.15, 0.2) is 0 Å². The highest BCUT2D eigenvalue weighted by molar-refractivity contribution is 6.36. The molecule has 35 heavy (non-hydrogen) atoms. The molecule has 2 atom stereocenters. The molecule has 0 aliphatic heterocycles. The zero-order valence-corrected chi connectivity index (χ0v) is 22.1. The molecule has 0 spiro atoms. The second-order valence-electron chi connectivity index (χ2n) is 8.51. The van der Waals surface area contributed by atoms with Gasteiger partial charge in [0.05, 0.1) is 6.42 Å². The fraction of sp³-hybridized carbons (Fsp3) is 0.286. The first-order valence-electron chi connectivity index (χ1n) is 11.6. The van der Waals surface area contributed by atoms with Crippen molar-refractivity contribution in [2.45, 2.75) is 51.7 Å². The van der Waals surface area contributed by atoms with Crippen molar-refractivity contribution in [2.75, 3.05) is 0 Å². The molecule has 2 amide bonds. The zero-order valence-electron chi connectivity index (χ0n) is 19.8. The summed E-state index contributed by atoms with van der Waals surface area (Å²) >= 11 is 19.3. The predicted molar refractivity (Wildman–Crippen MR) is 144 cm³/mol. The van der Waals surface area contributed by atoms with Crippen molar-refractivity contribution in [3.63, 3.8) is 0 Å². The number of carbonyl (C=O) groups is 2. The summed E-state index contributed by atoms with van der Waals surface area (Å²) in [6.45, 7) is 4.03. The van der Waals surface area contributed by atoms with Crippen LogP contribution in [0.5, 0.6) is 0 Å². The molecule has 0 fully saturated rings. The number of benzene rings is 3. The van der Waals surface area contributed by atoms with E-state index in [0.717, 1.165) is 12.0 Å². The summed E-state index contributed by atoms with van der Waals surface area (Å²) in [5, 5.41) is 4.43. The van der Waals surface area contributed by atoms with Gasteiger partial charge >= 0.3 is 0 Å². The summed E-state index contributed by atoms with van der Waals surface area (Å²) in [7, 11) is 0. The maximum absolute atomic E-state index is 13.8. The topological polar surface area (TPSA) is 49.4 Å². The van der Waals surface area contributed by atoms with Crippen LogP contribution in [0.4, 0.5) is 0 Å². The maximum atomic E-state index is 13.8. The van der Waals surface area contributed by atoms with Crippen LogP contribution in [0.3, 0.4) is 0 Å². The van der Waals surface area contributed by atoms with Crippen molar-refractivity contribution in [2.24, 2.45) is 0 Å². The first-order chi connectivity index (χ1) is 16.8. The molecule has 184 valence electrons. The molecule has 1 N–H and O–H groups in total. The summed E-state index contributed by atoms with van der Waals surface area (Å²) in [6.07, 6.45) is 1.16. The summed E-state index contributed by atoms with van der Waals surface area (Å²) in [4.78, 5) is 28.9. The quantitative estimate of drug-likeness (QED) is 0.315. The van der Waals surface area contributed by atoms with Crippen molar-refractivity contribution in [3.05, 3.63) is 105 Å². The fourth-order valence-electron chi connectivity index (χ4n) is 3.76. The highest BCUT2D eigenvalue weighted by Crippen LogP contribution is 2.28. The van der Waals surface area contributed by atoms with Crippen LogP contribution in [-0.2, 0) is 29.0 Å². The Hall–Kier alpha value is -2.53. The third-order valence-electron chi connectivity index (χ3n) is 5.96. The number of halogens is 3.